The summed E-state index contributed by atoms with van der Waals surface area (Å²) in [5, 5.41) is 8.67. The Balaban J connectivity index is 2.85. The molecule has 1 aromatic carbocycles. The number of nitrogens with zero attached hydrogens (tertiary/aromatic N) is 1. The molecule has 1 aromatic rings. The summed E-state index contributed by atoms with van der Waals surface area (Å²) in [4.78, 5) is 11.5. The molecule has 18 heavy (non-hydrogen) atoms. The van der Waals surface area contributed by atoms with Gasteiger partial charge in [0.15, 0.2) is 0 Å². The van der Waals surface area contributed by atoms with Crippen LogP contribution in [0.5, 0.6) is 0 Å². The highest BCUT2D eigenvalue weighted by atomic mass is 19.4. The molecule has 0 aliphatic heterocycles. The van der Waals surface area contributed by atoms with E-state index in [1.807, 2.05) is 0 Å². The fraction of sp³-hybridized carbons (Fsp3) is 0.417. The van der Waals surface area contributed by atoms with Crippen molar-refractivity contribution in [3.63, 3.8) is 0 Å². The molecule has 6 heteroatoms. The van der Waals surface area contributed by atoms with Crippen LogP contribution in [0.4, 0.5) is 13.2 Å². The molecular formula is C12H14F3NO2. The molecule has 0 fully saturated rings. The quantitative estimate of drug-likeness (QED) is 0.886. The van der Waals surface area contributed by atoms with Crippen LogP contribution in [0.1, 0.15) is 18.5 Å². The van der Waals surface area contributed by atoms with Gasteiger partial charge >= 0.3 is 12.1 Å². The van der Waals surface area contributed by atoms with Crippen molar-refractivity contribution in [3.8, 4) is 0 Å². The van der Waals surface area contributed by atoms with Crippen molar-refractivity contribution >= 4 is 5.97 Å². The highest BCUT2D eigenvalue weighted by Crippen LogP contribution is 2.25. The standard InChI is InChI=1S/C12H14F3NO2/c1-9(10-5-3-2-4-6-10)16(7-11(17)18)8-12(13,14)15/h2-6,9H,7-8H2,1H3,(H,17,18). The number of carboxylic acids is 1. The maximum atomic E-state index is 12.4. The molecule has 1 N–H and O–H groups in total. The monoisotopic (exact) mass is 261 g/mol. The number of carboxylic acid groups (broad SMARTS) is 1. The first-order valence-electron chi connectivity index (χ1n) is 5.37. The van der Waals surface area contributed by atoms with Gasteiger partial charge in [-0.1, -0.05) is 30.3 Å². The normalized spacial score (nSPS) is 13.6. The molecule has 0 aliphatic rings. The largest absolute Gasteiger partial charge is 0.480 e. The van der Waals surface area contributed by atoms with Gasteiger partial charge in [0.1, 0.15) is 0 Å². The summed E-state index contributed by atoms with van der Waals surface area (Å²) in [6, 6.07) is 7.91. The zero-order valence-electron chi connectivity index (χ0n) is 9.81. The van der Waals surface area contributed by atoms with E-state index in [9.17, 15) is 18.0 Å². The van der Waals surface area contributed by atoms with Gasteiger partial charge in [-0.3, -0.25) is 9.69 Å². The van der Waals surface area contributed by atoms with E-state index in [2.05, 4.69) is 0 Å². The maximum absolute atomic E-state index is 12.4. The third kappa shape index (κ3) is 4.75. The molecule has 1 rings (SSSR count). The Morgan fingerprint density at radius 2 is 1.89 bits per heavy atom. The van der Waals surface area contributed by atoms with Gasteiger partial charge in [-0.25, -0.2) is 0 Å². The molecule has 0 amide bonds. The number of aliphatic carboxylic acids is 1. The van der Waals surface area contributed by atoms with E-state index < -0.39 is 31.3 Å². The Morgan fingerprint density at radius 1 is 1.33 bits per heavy atom. The minimum absolute atomic E-state index is 0.607. The third-order valence-corrected chi connectivity index (χ3v) is 2.55. The zero-order chi connectivity index (χ0) is 13.8. The Labute approximate surface area is 103 Å². The van der Waals surface area contributed by atoms with E-state index in [0.717, 1.165) is 4.90 Å². The Morgan fingerprint density at radius 3 is 2.33 bits per heavy atom. The summed E-state index contributed by atoms with van der Waals surface area (Å²) in [7, 11) is 0. The second-order valence-corrected chi connectivity index (χ2v) is 4.00. The average Bonchev–Trinajstić information content (AvgIpc) is 2.26. The first-order valence-corrected chi connectivity index (χ1v) is 5.37. The summed E-state index contributed by atoms with van der Waals surface area (Å²) in [6.45, 7) is -0.324. The van der Waals surface area contributed by atoms with Crippen LogP contribution >= 0.6 is 0 Å². The van der Waals surface area contributed by atoms with Crippen LogP contribution in [-0.4, -0.2) is 35.2 Å². The molecule has 0 aliphatic carbocycles. The lowest BCUT2D eigenvalue weighted by molar-refractivity contribution is -0.157. The summed E-state index contributed by atoms with van der Waals surface area (Å²) in [6.07, 6.45) is -4.42. The Kier molecular flexibility index (Phi) is 4.72. The number of hydrogen-bond donors (Lipinski definition) is 1. The van der Waals surface area contributed by atoms with E-state index >= 15 is 0 Å². The fourth-order valence-corrected chi connectivity index (χ4v) is 1.68. The number of hydrogen-bond acceptors (Lipinski definition) is 2. The topological polar surface area (TPSA) is 40.5 Å². The number of benzene rings is 1. The zero-order valence-corrected chi connectivity index (χ0v) is 9.81. The van der Waals surface area contributed by atoms with E-state index in [1.165, 1.54) is 0 Å². The number of alkyl halides is 3. The van der Waals surface area contributed by atoms with Gasteiger partial charge in [-0.15, -0.1) is 0 Å². The van der Waals surface area contributed by atoms with Crippen LogP contribution in [-0.2, 0) is 4.79 Å². The van der Waals surface area contributed by atoms with Crippen molar-refractivity contribution in [3.05, 3.63) is 35.9 Å². The van der Waals surface area contributed by atoms with Crippen LogP contribution in [0.3, 0.4) is 0 Å². The van der Waals surface area contributed by atoms with Crippen molar-refractivity contribution in [2.24, 2.45) is 0 Å². The number of halogens is 3. The fourth-order valence-electron chi connectivity index (χ4n) is 1.68. The minimum atomic E-state index is -4.42. The van der Waals surface area contributed by atoms with Crippen molar-refractivity contribution in [2.75, 3.05) is 13.1 Å². The van der Waals surface area contributed by atoms with E-state index in [-0.39, 0.29) is 0 Å². The molecule has 0 aromatic heterocycles. The minimum Gasteiger partial charge on any atom is -0.480 e. The van der Waals surface area contributed by atoms with Crippen LogP contribution in [0.15, 0.2) is 30.3 Å². The van der Waals surface area contributed by atoms with E-state index in [1.54, 1.807) is 37.3 Å². The van der Waals surface area contributed by atoms with E-state index in [0.29, 0.717) is 5.56 Å². The molecule has 0 radical (unpaired) electrons. The lowest BCUT2D eigenvalue weighted by atomic mass is 10.1. The lowest BCUT2D eigenvalue weighted by Gasteiger charge is -2.28. The summed E-state index contributed by atoms with van der Waals surface area (Å²) in [5.41, 5.74) is 0.656. The van der Waals surface area contributed by atoms with Gasteiger partial charge in [0.2, 0.25) is 0 Å². The predicted molar refractivity (Wildman–Crippen MR) is 60.1 cm³/mol. The highest BCUT2D eigenvalue weighted by molar-refractivity contribution is 5.69. The second-order valence-electron chi connectivity index (χ2n) is 4.00. The molecular weight excluding hydrogens is 247 g/mol. The SMILES string of the molecule is CC(c1ccccc1)N(CC(=O)O)CC(F)(F)F. The predicted octanol–water partition coefficient (Wildman–Crippen LogP) is 2.70. The second kappa shape index (κ2) is 5.86. The average molecular weight is 261 g/mol. The van der Waals surface area contributed by atoms with Crippen molar-refractivity contribution in [1.82, 2.24) is 4.90 Å². The van der Waals surface area contributed by atoms with E-state index in [4.69, 9.17) is 5.11 Å². The van der Waals surface area contributed by atoms with Gasteiger partial charge in [0.25, 0.3) is 0 Å². The van der Waals surface area contributed by atoms with Gasteiger partial charge < -0.3 is 5.11 Å². The van der Waals surface area contributed by atoms with Gasteiger partial charge in [0, 0.05) is 6.04 Å². The summed E-state index contributed by atoms with van der Waals surface area (Å²) >= 11 is 0. The number of rotatable bonds is 5. The summed E-state index contributed by atoms with van der Waals surface area (Å²) < 4.78 is 37.2. The first kappa shape index (κ1) is 14.5. The van der Waals surface area contributed by atoms with Gasteiger partial charge in [-0.05, 0) is 12.5 Å². The molecule has 100 valence electrons. The molecule has 1 atom stereocenters. The summed E-state index contributed by atoms with van der Waals surface area (Å²) in [5.74, 6) is -1.28. The molecule has 0 spiro atoms. The molecule has 1 unspecified atom stereocenters. The first-order chi connectivity index (χ1) is 8.29. The molecule has 0 saturated heterocycles. The molecule has 0 heterocycles. The van der Waals surface area contributed by atoms with Crippen LogP contribution < -0.4 is 0 Å². The van der Waals surface area contributed by atoms with Gasteiger partial charge in [-0.2, -0.15) is 13.2 Å². The Bertz CT molecular complexity index is 392. The van der Waals surface area contributed by atoms with Crippen molar-refractivity contribution < 1.29 is 23.1 Å². The number of carbonyl (C=O) groups is 1. The maximum Gasteiger partial charge on any atom is 0.401 e. The highest BCUT2D eigenvalue weighted by Gasteiger charge is 2.33. The van der Waals surface area contributed by atoms with Crippen LogP contribution in [0.2, 0.25) is 0 Å². The Hall–Kier alpha value is -1.56. The van der Waals surface area contributed by atoms with Crippen molar-refractivity contribution in [1.29, 1.82) is 0 Å². The van der Waals surface area contributed by atoms with Crippen molar-refractivity contribution in [2.45, 2.75) is 19.1 Å². The van der Waals surface area contributed by atoms with Gasteiger partial charge in [0.05, 0.1) is 13.1 Å². The molecule has 3 nitrogen and oxygen atoms in total. The van der Waals surface area contributed by atoms with Crippen LogP contribution in [0, 0.1) is 0 Å². The smallest absolute Gasteiger partial charge is 0.401 e. The lowest BCUT2D eigenvalue weighted by Crippen LogP contribution is -2.39. The third-order valence-electron chi connectivity index (χ3n) is 2.55. The molecule has 0 saturated carbocycles. The molecule has 0 bridgehead atoms. The van der Waals surface area contributed by atoms with Crippen LogP contribution in [0.25, 0.3) is 0 Å².